The molecule has 1 saturated carbocycles. The minimum absolute atomic E-state index is 0.0361. The van der Waals surface area contributed by atoms with Gasteiger partial charge in [-0.05, 0) is 63.5 Å². The standard InChI is InChI=1S/C26H32F2N2O3.C2H6/c1-4-24-26(16-31)13-11-21(30(3)17-9-10-19(27)20(28)15-17)25(18(26)12-14-29(24)2)33-23-8-6-5-7-22(23)32;1-2/h5-10,15-16,18,21,24-25,32H,4,11-14H2,1-3H3;1-2H3/t18?,21?,24?,25-,26?;/m1./s1. The largest absolute Gasteiger partial charge is 0.504 e. The van der Waals surface area contributed by atoms with Crippen molar-refractivity contribution in [2.75, 3.05) is 25.5 Å². The maximum absolute atomic E-state index is 14.0. The smallest absolute Gasteiger partial charge is 0.161 e. The van der Waals surface area contributed by atoms with Crippen LogP contribution in [0.3, 0.4) is 0 Å². The fourth-order valence-electron chi connectivity index (χ4n) is 6.17. The van der Waals surface area contributed by atoms with Gasteiger partial charge in [-0.3, -0.25) is 0 Å². The van der Waals surface area contributed by atoms with Gasteiger partial charge in [0.2, 0.25) is 0 Å². The van der Waals surface area contributed by atoms with Gasteiger partial charge in [0.1, 0.15) is 12.4 Å². The number of phenolic OH excluding ortho intramolecular Hbond substituents is 1. The van der Waals surface area contributed by atoms with Gasteiger partial charge in [0, 0.05) is 36.2 Å². The number of ether oxygens (including phenoxy) is 1. The predicted octanol–water partition coefficient (Wildman–Crippen LogP) is 5.66. The molecule has 0 bridgehead atoms. The summed E-state index contributed by atoms with van der Waals surface area (Å²) in [5.41, 5.74) is -0.0225. The second kappa shape index (κ2) is 11.4. The summed E-state index contributed by atoms with van der Waals surface area (Å²) in [7, 11) is 3.91. The summed E-state index contributed by atoms with van der Waals surface area (Å²) in [5.74, 6) is -1.48. The highest BCUT2D eigenvalue weighted by Crippen LogP contribution is 2.52. The van der Waals surface area contributed by atoms with Gasteiger partial charge >= 0.3 is 0 Å². The summed E-state index contributed by atoms with van der Waals surface area (Å²) in [6.07, 6.45) is 3.65. The molecule has 0 radical (unpaired) electrons. The van der Waals surface area contributed by atoms with Crippen LogP contribution in [-0.2, 0) is 4.79 Å². The van der Waals surface area contributed by atoms with Gasteiger partial charge in [0.25, 0.3) is 0 Å². The third-order valence-corrected chi connectivity index (χ3v) is 7.83. The first-order valence-electron chi connectivity index (χ1n) is 12.6. The van der Waals surface area contributed by atoms with Gasteiger partial charge in [-0.15, -0.1) is 0 Å². The van der Waals surface area contributed by atoms with Crippen LogP contribution in [-0.4, -0.2) is 55.1 Å². The summed E-state index contributed by atoms with van der Waals surface area (Å²) in [5, 5.41) is 10.4. The third kappa shape index (κ3) is 5.01. The van der Waals surface area contributed by atoms with Crippen LogP contribution in [0.5, 0.6) is 11.5 Å². The zero-order chi connectivity index (χ0) is 25.8. The molecule has 1 heterocycles. The number of benzene rings is 2. The van der Waals surface area contributed by atoms with Crippen LogP contribution in [0.15, 0.2) is 42.5 Å². The summed E-state index contributed by atoms with van der Waals surface area (Å²) < 4.78 is 34.1. The van der Waals surface area contributed by atoms with Gasteiger partial charge < -0.3 is 24.4 Å². The van der Waals surface area contributed by atoms with Crippen molar-refractivity contribution in [3.8, 4) is 11.5 Å². The number of aldehydes is 1. The van der Waals surface area contributed by atoms with E-state index >= 15 is 0 Å². The molecular weight excluding hydrogens is 450 g/mol. The highest BCUT2D eigenvalue weighted by Gasteiger charge is 2.57. The Morgan fingerprint density at radius 2 is 1.89 bits per heavy atom. The number of carbonyl (C=O) groups is 1. The Kier molecular flexibility index (Phi) is 8.75. The number of anilines is 1. The molecule has 2 aromatic rings. The van der Waals surface area contributed by atoms with Crippen molar-refractivity contribution in [1.29, 1.82) is 0 Å². The minimum Gasteiger partial charge on any atom is -0.504 e. The quantitative estimate of drug-likeness (QED) is 0.532. The van der Waals surface area contributed by atoms with E-state index in [4.69, 9.17) is 4.74 Å². The van der Waals surface area contributed by atoms with Crippen molar-refractivity contribution in [3.63, 3.8) is 0 Å². The van der Waals surface area contributed by atoms with Gasteiger partial charge in [-0.1, -0.05) is 32.9 Å². The van der Waals surface area contributed by atoms with Crippen molar-refractivity contribution < 1.29 is 23.4 Å². The molecule has 2 aromatic carbocycles. The van der Waals surface area contributed by atoms with Crippen molar-refractivity contribution in [1.82, 2.24) is 4.90 Å². The molecule has 7 heteroatoms. The molecule has 1 aliphatic heterocycles. The molecular formula is C28H38F2N2O3. The zero-order valence-corrected chi connectivity index (χ0v) is 21.4. The van der Waals surface area contributed by atoms with Crippen molar-refractivity contribution in [2.24, 2.45) is 11.3 Å². The average Bonchev–Trinajstić information content (AvgIpc) is 2.87. The topological polar surface area (TPSA) is 53.0 Å². The van der Waals surface area contributed by atoms with Gasteiger partial charge in [-0.25, -0.2) is 8.78 Å². The van der Waals surface area contributed by atoms with Gasteiger partial charge in [-0.2, -0.15) is 0 Å². The van der Waals surface area contributed by atoms with E-state index in [1.165, 1.54) is 6.07 Å². The Labute approximate surface area is 207 Å². The molecule has 5 atom stereocenters. The normalized spacial score (nSPS) is 28.3. The van der Waals surface area contributed by atoms with E-state index < -0.39 is 23.2 Å². The molecule has 1 N–H and O–H groups in total. The highest BCUT2D eigenvalue weighted by atomic mass is 19.2. The molecule has 2 aliphatic rings. The number of nitrogens with zero attached hydrogens (tertiary/aromatic N) is 2. The molecule has 192 valence electrons. The average molecular weight is 489 g/mol. The van der Waals surface area contributed by atoms with E-state index in [1.54, 1.807) is 30.3 Å². The van der Waals surface area contributed by atoms with Crippen LogP contribution in [0.4, 0.5) is 14.5 Å². The monoisotopic (exact) mass is 488 g/mol. The molecule has 1 aliphatic carbocycles. The van der Waals surface area contributed by atoms with E-state index in [-0.39, 0.29) is 23.8 Å². The van der Waals surface area contributed by atoms with E-state index in [1.807, 2.05) is 25.8 Å². The van der Waals surface area contributed by atoms with Crippen LogP contribution in [0, 0.1) is 23.0 Å². The Morgan fingerprint density at radius 1 is 1.17 bits per heavy atom. The Bertz CT molecular complexity index is 1000. The number of piperidine rings is 1. The molecule has 35 heavy (non-hydrogen) atoms. The first-order chi connectivity index (χ1) is 16.8. The summed E-state index contributed by atoms with van der Waals surface area (Å²) in [6, 6.07) is 10.6. The lowest BCUT2D eigenvalue weighted by Crippen LogP contribution is -2.66. The highest BCUT2D eigenvalue weighted by molar-refractivity contribution is 5.63. The predicted molar refractivity (Wildman–Crippen MR) is 135 cm³/mol. The molecule has 0 amide bonds. The van der Waals surface area contributed by atoms with E-state index in [2.05, 4.69) is 18.9 Å². The third-order valence-electron chi connectivity index (χ3n) is 7.83. The fraction of sp³-hybridized carbons (Fsp3) is 0.536. The van der Waals surface area contributed by atoms with E-state index in [0.717, 1.165) is 31.7 Å². The number of hydrogen-bond acceptors (Lipinski definition) is 5. The van der Waals surface area contributed by atoms with Crippen LogP contribution in [0.25, 0.3) is 0 Å². The van der Waals surface area contributed by atoms with E-state index in [0.29, 0.717) is 24.3 Å². The molecule has 4 unspecified atom stereocenters. The lowest BCUT2D eigenvalue weighted by atomic mass is 9.56. The Balaban J connectivity index is 0.00000167. The lowest BCUT2D eigenvalue weighted by molar-refractivity contribution is -0.144. The second-order valence-electron chi connectivity index (χ2n) is 9.40. The van der Waals surface area contributed by atoms with Crippen LogP contribution in [0.2, 0.25) is 0 Å². The van der Waals surface area contributed by atoms with Gasteiger partial charge in [0.05, 0.1) is 6.04 Å². The number of likely N-dealkylation sites (tertiary alicyclic amines) is 1. The summed E-state index contributed by atoms with van der Waals surface area (Å²) in [6.45, 7) is 6.94. The fourth-order valence-corrected chi connectivity index (χ4v) is 6.17. The SMILES string of the molecule is CC.CCC1N(C)CCC2[C@@H](Oc3ccccc3O)C(N(C)c3ccc(F)c(F)c3)CCC21C=O. The number of likely N-dealkylation sites (N-methyl/N-ethyl adjacent to an activating group) is 1. The summed E-state index contributed by atoms with van der Waals surface area (Å²) >= 11 is 0. The number of para-hydroxylation sites is 2. The number of hydrogen-bond donors (Lipinski definition) is 1. The van der Waals surface area contributed by atoms with Crippen LogP contribution < -0.4 is 9.64 Å². The lowest BCUT2D eigenvalue weighted by Gasteiger charge is -2.58. The van der Waals surface area contributed by atoms with Crippen molar-refractivity contribution in [2.45, 2.75) is 64.6 Å². The molecule has 0 aromatic heterocycles. The molecule has 4 rings (SSSR count). The molecule has 1 saturated heterocycles. The van der Waals surface area contributed by atoms with Crippen LogP contribution >= 0.6 is 0 Å². The maximum Gasteiger partial charge on any atom is 0.161 e. The summed E-state index contributed by atoms with van der Waals surface area (Å²) in [4.78, 5) is 16.9. The molecule has 5 nitrogen and oxygen atoms in total. The van der Waals surface area contributed by atoms with Gasteiger partial charge in [0.15, 0.2) is 23.1 Å². The molecule has 2 fully saturated rings. The van der Waals surface area contributed by atoms with Crippen molar-refractivity contribution >= 4 is 12.0 Å². The first-order valence-corrected chi connectivity index (χ1v) is 12.6. The van der Waals surface area contributed by atoms with E-state index in [9.17, 15) is 18.7 Å². The first kappa shape index (κ1) is 26.9. The Morgan fingerprint density at radius 3 is 2.51 bits per heavy atom. The number of fused-ring (bicyclic) bond motifs is 1. The number of halogens is 2. The van der Waals surface area contributed by atoms with Crippen LogP contribution in [0.1, 0.15) is 46.5 Å². The zero-order valence-electron chi connectivity index (χ0n) is 21.4. The Hall–Kier alpha value is -2.67. The number of phenols is 1. The molecule has 0 spiro atoms. The minimum atomic E-state index is -0.902. The second-order valence-corrected chi connectivity index (χ2v) is 9.40. The number of aromatic hydroxyl groups is 1. The van der Waals surface area contributed by atoms with Crippen molar-refractivity contribution in [3.05, 3.63) is 54.1 Å². The maximum atomic E-state index is 14.0. The number of carbonyl (C=O) groups excluding carboxylic acids is 1. The number of rotatable bonds is 6.